The Balaban J connectivity index is 3.38. The number of rotatable bonds is 0. The Hall–Kier alpha value is -0.980. The normalized spacial score (nSPS) is 11.8. The second-order valence-corrected chi connectivity index (χ2v) is 4.80. The van der Waals surface area contributed by atoms with Crippen LogP contribution in [0.5, 0.6) is 0 Å². The zero-order valence-electron chi connectivity index (χ0n) is 9.23. The van der Waals surface area contributed by atoms with Gasteiger partial charge in [-0.05, 0) is 42.0 Å². The maximum absolute atomic E-state index is 6.01. The van der Waals surface area contributed by atoms with Gasteiger partial charge in [0.25, 0.3) is 0 Å². The van der Waals surface area contributed by atoms with Crippen LogP contribution in [0.4, 0.5) is 5.69 Å². The minimum absolute atomic E-state index is 0.141. The molecule has 0 amide bonds. The molecular weight excluding hydrogens is 158 g/mol. The molecule has 0 fully saturated rings. The Kier molecular flexibility index (Phi) is 2.38. The molecule has 1 heteroatoms. The highest BCUT2D eigenvalue weighted by atomic mass is 14.6. The molecule has 0 saturated heterocycles. The minimum Gasteiger partial charge on any atom is -0.398 e. The summed E-state index contributed by atoms with van der Waals surface area (Å²) in [5.74, 6) is 0. The Morgan fingerprint density at radius 3 is 2.00 bits per heavy atom. The van der Waals surface area contributed by atoms with E-state index in [1.807, 2.05) is 6.07 Å². The van der Waals surface area contributed by atoms with Crippen LogP contribution in [0.25, 0.3) is 0 Å². The molecule has 0 aromatic heterocycles. The highest BCUT2D eigenvalue weighted by molar-refractivity contribution is 5.56. The number of nitrogens with two attached hydrogens (primary N) is 1. The van der Waals surface area contributed by atoms with Gasteiger partial charge in [0, 0.05) is 5.69 Å². The van der Waals surface area contributed by atoms with Gasteiger partial charge in [0.2, 0.25) is 0 Å². The second-order valence-electron chi connectivity index (χ2n) is 4.80. The summed E-state index contributed by atoms with van der Waals surface area (Å²) < 4.78 is 0. The molecule has 0 heterocycles. The quantitative estimate of drug-likeness (QED) is 0.605. The summed E-state index contributed by atoms with van der Waals surface area (Å²) in [5.41, 5.74) is 10.9. The summed E-state index contributed by atoms with van der Waals surface area (Å²) >= 11 is 0. The summed E-state index contributed by atoms with van der Waals surface area (Å²) in [4.78, 5) is 0. The average Bonchev–Trinajstić information content (AvgIpc) is 1.78. The van der Waals surface area contributed by atoms with Crippen molar-refractivity contribution >= 4 is 5.69 Å². The molecular formula is C12H19N. The summed E-state index contributed by atoms with van der Waals surface area (Å²) in [7, 11) is 0. The number of hydrogen-bond acceptors (Lipinski definition) is 1. The molecule has 0 unspecified atom stereocenters. The van der Waals surface area contributed by atoms with Crippen molar-refractivity contribution in [2.75, 3.05) is 5.73 Å². The zero-order chi connectivity index (χ0) is 10.2. The van der Waals surface area contributed by atoms with E-state index in [4.69, 9.17) is 5.73 Å². The molecule has 1 nitrogen and oxygen atoms in total. The van der Waals surface area contributed by atoms with E-state index in [1.165, 1.54) is 16.7 Å². The van der Waals surface area contributed by atoms with Gasteiger partial charge in [0.1, 0.15) is 0 Å². The second kappa shape index (κ2) is 3.06. The Bertz CT molecular complexity index is 295. The number of aryl methyl sites for hydroxylation is 2. The molecule has 0 spiro atoms. The van der Waals surface area contributed by atoms with Crippen LogP contribution in [-0.2, 0) is 5.41 Å². The van der Waals surface area contributed by atoms with Crippen molar-refractivity contribution in [1.29, 1.82) is 0 Å². The van der Waals surface area contributed by atoms with Crippen LogP contribution in [0.3, 0.4) is 0 Å². The first-order chi connectivity index (χ1) is 5.82. The Morgan fingerprint density at radius 2 is 1.62 bits per heavy atom. The fourth-order valence-corrected chi connectivity index (χ4v) is 2.02. The van der Waals surface area contributed by atoms with E-state index >= 15 is 0 Å². The summed E-state index contributed by atoms with van der Waals surface area (Å²) in [6.07, 6.45) is 0. The molecule has 2 N–H and O–H groups in total. The lowest BCUT2D eigenvalue weighted by Gasteiger charge is -2.24. The summed E-state index contributed by atoms with van der Waals surface area (Å²) in [6.45, 7) is 10.8. The van der Waals surface area contributed by atoms with Crippen LogP contribution in [-0.4, -0.2) is 0 Å². The molecule has 0 saturated carbocycles. The van der Waals surface area contributed by atoms with Gasteiger partial charge in [-0.15, -0.1) is 0 Å². The van der Waals surface area contributed by atoms with Crippen molar-refractivity contribution < 1.29 is 0 Å². The molecule has 0 aliphatic heterocycles. The van der Waals surface area contributed by atoms with Gasteiger partial charge < -0.3 is 5.73 Å². The van der Waals surface area contributed by atoms with Crippen LogP contribution in [0, 0.1) is 13.8 Å². The van der Waals surface area contributed by atoms with Gasteiger partial charge in [-0.1, -0.05) is 26.8 Å². The van der Waals surface area contributed by atoms with E-state index in [0.29, 0.717) is 0 Å². The molecule has 1 aromatic rings. The fraction of sp³-hybridized carbons (Fsp3) is 0.500. The van der Waals surface area contributed by atoms with E-state index < -0.39 is 0 Å². The van der Waals surface area contributed by atoms with Crippen LogP contribution in [0.2, 0.25) is 0 Å². The molecule has 0 bridgehead atoms. The SMILES string of the molecule is Cc1cc(C)c(C(C)(C)C)c(N)c1. The molecule has 13 heavy (non-hydrogen) atoms. The van der Waals surface area contributed by atoms with Crippen LogP contribution in [0.15, 0.2) is 12.1 Å². The van der Waals surface area contributed by atoms with Gasteiger partial charge in [0.05, 0.1) is 0 Å². The molecule has 1 rings (SSSR count). The molecule has 0 aliphatic carbocycles. The van der Waals surface area contributed by atoms with Crippen molar-refractivity contribution in [3.05, 3.63) is 28.8 Å². The fourth-order valence-electron chi connectivity index (χ4n) is 2.02. The third kappa shape index (κ3) is 2.03. The minimum atomic E-state index is 0.141. The first-order valence-electron chi connectivity index (χ1n) is 4.69. The van der Waals surface area contributed by atoms with Crippen LogP contribution < -0.4 is 5.73 Å². The van der Waals surface area contributed by atoms with Crippen LogP contribution in [0.1, 0.15) is 37.5 Å². The van der Waals surface area contributed by atoms with Crippen LogP contribution >= 0.6 is 0 Å². The monoisotopic (exact) mass is 177 g/mol. The van der Waals surface area contributed by atoms with E-state index in [-0.39, 0.29) is 5.41 Å². The smallest absolute Gasteiger partial charge is 0.0357 e. The lowest BCUT2D eigenvalue weighted by atomic mass is 9.82. The lowest BCUT2D eigenvalue weighted by molar-refractivity contribution is 0.588. The number of nitrogen functional groups attached to an aromatic ring is 1. The maximum atomic E-state index is 6.01. The first-order valence-corrected chi connectivity index (χ1v) is 4.69. The van der Waals surface area contributed by atoms with E-state index in [2.05, 4.69) is 40.7 Å². The third-order valence-electron chi connectivity index (χ3n) is 2.26. The van der Waals surface area contributed by atoms with Crippen molar-refractivity contribution in [3.63, 3.8) is 0 Å². The van der Waals surface area contributed by atoms with Gasteiger partial charge in [0.15, 0.2) is 0 Å². The topological polar surface area (TPSA) is 26.0 Å². The average molecular weight is 177 g/mol. The zero-order valence-corrected chi connectivity index (χ0v) is 9.23. The summed E-state index contributed by atoms with van der Waals surface area (Å²) in [5, 5.41) is 0. The molecule has 0 radical (unpaired) electrons. The number of hydrogen-bond donors (Lipinski definition) is 1. The van der Waals surface area contributed by atoms with Crippen molar-refractivity contribution in [3.8, 4) is 0 Å². The molecule has 0 aliphatic rings. The third-order valence-corrected chi connectivity index (χ3v) is 2.26. The predicted molar refractivity (Wildman–Crippen MR) is 59.0 cm³/mol. The van der Waals surface area contributed by atoms with Crippen molar-refractivity contribution in [1.82, 2.24) is 0 Å². The van der Waals surface area contributed by atoms with E-state index in [9.17, 15) is 0 Å². The largest absolute Gasteiger partial charge is 0.398 e. The number of anilines is 1. The Morgan fingerprint density at radius 1 is 1.08 bits per heavy atom. The highest BCUT2D eigenvalue weighted by Gasteiger charge is 2.19. The highest BCUT2D eigenvalue weighted by Crippen LogP contribution is 2.31. The molecule has 0 atom stereocenters. The standard InChI is InChI=1S/C12H19N/c1-8-6-9(2)11(10(13)7-8)12(3,4)5/h6-7H,13H2,1-5H3. The lowest BCUT2D eigenvalue weighted by Crippen LogP contribution is -2.16. The van der Waals surface area contributed by atoms with Crippen molar-refractivity contribution in [2.45, 2.75) is 40.0 Å². The Labute approximate surface area is 81.0 Å². The predicted octanol–water partition coefficient (Wildman–Crippen LogP) is 3.18. The number of benzene rings is 1. The molecule has 72 valence electrons. The van der Waals surface area contributed by atoms with Gasteiger partial charge in [-0.2, -0.15) is 0 Å². The van der Waals surface area contributed by atoms with Gasteiger partial charge >= 0.3 is 0 Å². The van der Waals surface area contributed by atoms with E-state index in [0.717, 1.165) is 5.69 Å². The van der Waals surface area contributed by atoms with Gasteiger partial charge in [-0.3, -0.25) is 0 Å². The molecule has 1 aromatic carbocycles. The first kappa shape index (κ1) is 10.1. The van der Waals surface area contributed by atoms with E-state index in [1.54, 1.807) is 0 Å². The van der Waals surface area contributed by atoms with Crippen molar-refractivity contribution in [2.24, 2.45) is 0 Å². The maximum Gasteiger partial charge on any atom is 0.0357 e. The summed E-state index contributed by atoms with van der Waals surface area (Å²) in [6, 6.07) is 4.24. The van der Waals surface area contributed by atoms with Gasteiger partial charge in [-0.25, -0.2) is 0 Å².